The van der Waals surface area contributed by atoms with Gasteiger partial charge < -0.3 is 4.74 Å². The number of benzene rings is 1. The first-order valence-electron chi connectivity index (χ1n) is 9.84. The van der Waals surface area contributed by atoms with Gasteiger partial charge in [0.1, 0.15) is 11.6 Å². The second-order valence-corrected chi connectivity index (χ2v) is 7.75. The minimum absolute atomic E-state index is 0.0220. The molecule has 2 saturated heterocycles. The quantitative estimate of drug-likeness (QED) is 0.570. The number of carbonyl (C=O) groups excluding carboxylic acids is 2. The maximum Gasteiger partial charge on any atom is 0.234 e. The fourth-order valence-corrected chi connectivity index (χ4v) is 4.41. The van der Waals surface area contributed by atoms with Gasteiger partial charge in [0.15, 0.2) is 0 Å². The number of hydrogen-bond donors (Lipinski definition) is 0. The van der Waals surface area contributed by atoms with Crippen molar-refractivity contribution in [1.82, 2.24) is 14.7 Å². The molecule has 2 heterocycles. The molecule has 1 aromatic rings. The van der Waals surface area contributed by atoms with Crippen LogP contribution in [0.5, 0.6) is 5.75 Å². The average Bonchev–Trinajstić information content (AvgIpc) is 2.95. The molecule has 0 radical (unpaired) electrons. The van der Waals surface area contributed by atoms with Crippen molar-refractivity contribution in [3.63, 3.8) is 0 Å². The van der Waals surface area contributed by atoms with Crippen molar-refractivity contribution in [3.8, 4) is 5.75 Å². The monoisotopic (exact) mass is 387 g/mol. The number of imide groups is 1. The lowest BCUT2D eigenvalue weighted by Crippen LogP contribution is -2.51. The van der Waals surface area contributed by atoms with Crippen molar-refractivity contribution >= 4 is 11.8 Å². The van der Waals surface area contributed by atoms with Crippen molar-refractivity contribution < 1.29 is 18.7 Å². The summed E-state index contributed by atoms with van der Waals surface area (Å²) in [5.41, 5.74) is 0.831. The number of hydrogen-bond acceptors (Lipinski definition) is 5. The molecule has 6 nitrogen and oxygen atoms in total. The summed E-state index contributed by atoms with van der Waals surface area (Å²) in [6.45, 7) is 4.12. The molecule has 0 unspecified atom stereocenters. The first-order valence-corrected chi connectivity index (χ1v) is 9.84. The fourth-order valence-electron chi connectivity index (χ4n) is 4.41. The number of methoxy groups -OCH3 is 1. The number of nitrogens with zero attached hydrogens (tertiary/aromatic N) is 3. The van der Waals surface area contributed by atoms with Gasteiger partial charge in [-0.15, -0.1) is 0 Å². The Labute approximate surface area is 164 Å². The second kappa shape index (κ2) is 8.01. The van der Waals surface area contributed by atoms with Gasteiger partial charge >= 0.3 is 0 Å². The van der Waals surface area contributed by atoms with Crippen LogP contribution in [0, 0.1) is 17.7 Å². The third-order valence-corrected chi connectivity index (χ3v) is 6.04. The smallest absolute Gasteiger partial charge is 0.234 e. The highest BCUT2D eigenvalue weighted by Gasteiger charge is 2.47. The molecular formula is C21H26FN3O3. The van der Waals surface area contributed by atoms with Crippen LogP contribution in [0.1, 0.15) is 18.4 Å². The van der Waals surface area contributed by atoms with E-state index in [1.165, 1.54) is 17.0 Å². The Morgan fingerprint density at radius 1 is 1.00 bits per heavy atom. The third-order valence-electron chi connectivity index (χ3n) is 6.04. The Morgan fingerprint density at radius 3 is 2.21 bits per heavy atom. The number of likely N-dealkylation sites (tertiary alicyclic amines) is 1. The van der Waals surface area contributed by atoms with E-state index in [2.05, 4.69) is 9.80 Å². The highest BCUT2D eigenvalue weighted by Crippen LogP contribution is 2.35. The molecule has 150 valence electrons. The molecular weight excluding hydrogens is 361 g/mol. The summed E-state index contributed by atoms with van der Waals surface area (Å²) in [7, 11) is 1.59. The zero-order valence-electron chi connectivity index (χ0n) is 16.1. The van der Waals surface area contributed by atoms with E-state index in [4.69, 9.17) is 4.74 Å². The Balaban J connectivity index is 1.32. The summed E-state index contributed by atoms with van der Waals surface area (Å²) >= 11 is 0. The molecule has 0 N–H and O–H groups in total. The first-order chi connectivity index (χ1) is 13.6. The average molecular weight is 387 g/mol. The van der Waals surface area contributed by atoms with Gasteiger partial charge in [0.25, 0.3) is 0 Å². The summed E-state index contributed by atoms with van der Waals surface area (Å²) < 4.78 is 18.9. The van der Waals surface area contributed by atoms with Crippen molar-refractivity contribution in [2.75, 3.05) is 40.0 Å². The molecule has 0 saturated carbocycles. The summed E-state index contributed by atoms with van der Waals surface area (Å²) in [5.74, 6) is 0.0424. The van der Waals surface area contributed by atoms with Gasteiger partial charge in [-0.3, -0.25) is 24.3 Å². The van der Waals surface area contributed by atoms with Crippen molar-refractivity contribution in [1.29, 1.82) is 0 Å². The molecule has 28 heavy (non-hydrogen) atoms. The predicted octanol–water partition coefficient (Wildman–Crippen LogP) is 1.86. The molecule has 2 fully saturated rings. The first kappa shape index (κ1) is 19.1. The summed E-state index contributed by atoms with van der Waals surface area (Å²) in [6, 6.07) is 4.57. The zero-order chi connectivity index (χ0) is 19.7. The number of carbonyl (C=O) groups is 2. The van der Waals surface area contributed by atoms with Gasteiger partial charge in [-0.05, 0) is 31.0 Å². The molecule has 1 aromatic carbocycles. The number of halogens is 1. The maximum atomic E-state index is 13.6. The summed E-state index contributed by atoms with van der Waals surface area (Å²) in [5, 5.41) is 0. The number of amides is 2. The fraction of sp³-hybridized carbons (Fsp3) is 0.524. The van der Waals surface area contributed by atoms with Gasteiger partial charge in [-0.1, -0.05) is 12.2 Å². The van der Waals surface area contributed by atoms with Crippen molar-refractivity contribution in [2.24, 2.45) is 11.8 Å². The van der Waals surface area contributed by atoms with E-state index in [9.17, 15) is 14.0 Å². The van der Waals surface area contributed by atoms with Crippen LogP contribution in [0.25, 0.3) is 0 Å². The Hall–Kier alpha value is -2.25. The van der Waals surface area contributed by atoms with Crippen LogP contribution < -0.4 is 4.74 Å². The molecule has 2 aliphatic heterocycles. The molecule has 1 aliphatic carbocycles. The van der Waals surface area contributed by atoms with E-state index in [1.807, 2.05) is 12.2 Å². The van der Waals surface area contributed by atoms with Crippen molar-refractivity contribution in [2.45, 2.75) is 19.4 Å². The Kier molecular flexibility index (Phi) is 5.46. The lowest BCUT2D eigenvalue weighted by molar-refractivity contribution is -0.142. The van der Waals surface area contributed by atoms with Crippen LogP contribution in [0.2, 0.25) is 0 Å². The predicted molar refractivity (Wildman–Crippen MR) is 102 cm³/mol. The van der Waals surface area contributed by atoms with Crippen LogP contribution >= 0.6 is 0 Å². The molecule has 7 heteroatoms. The molecule has 0 spiro atoms. The summed E-state index contributed by atoms with van der Waals surface area (Å²) in [6.07, 6.45) is 5.37. The maximum absolute atomic E-state index is 13.6. The Morgan fingerprint density at radius 2 is 1.61 bits per heavy atom. The van der Waals surface area contributed by atoms with Gasteiger partial charge in [-0.2, -0.15) is 0 Å². The van der Waals surface area contributed by atoms with E-state index in [0.717, 1.165) is 31.7 Å². The minimum Gasteiger partial charge on any atom is -0.496 e. The number of allylic oxidation sites excluding steroid dienone is 2. The van der Waals surface area contributed by atoms with Crippen LogP contribution in [0.4, 0.5) is 4.39 Å². The molecule has 3 aliphatic rings. The lowest BCUT2D eigenvalue weighted by atomic mass is 9.85. The van der Waals surface area contributed by atoms with Crippen LogP contribution in [0.15, 0.2) is 30.4 Å². The number of rotatable bonds is 5. The topological polar surface area (TPSA) is 53.1 Å². The summed E-state index contributed by atoms with van der Waals surface area (Å²) in [4.78, 5) is 31.1. The van der Waals surface area contributed by atoms with Crippen LogP contribution in [0.3, 0.4) is 0 Å². The molecule has 2 atom stereocenters. The van der Waals surface area contributed by atoms with Crippen molar-refractivity contribution in [3.05, 3.63) is 41.7 Å². The van der Waals surface area contributed by atoms with E-state index in [-0.39, 0.29) is 29.5 Å². The minimum atomic E-state index is -0.267. The van der Waals surface area contributed by atoms with Gasteiger partial charge in [0.2, 0.25) is 11.8 Å². The number of piperazine rings is 1. The van der Waals surface area contributed by atoms with Crippen LogP contribution in [-0.2, 0) is 16.1 Å². The standard InChI is InChI=1S/C21H26FN3O3/c1-28-19-7-6-16(22)12-15(19)13-23-8-10-24(11-9-23)14-25-20(26)17-4-2-3-5-18(17)21(25)27/h2-3,6-7,12,17-18H,4-5,8-11,13-14H2,1H3/t17-,18-/m1/s1. The lowest BCUT2D eigenvalue weighted by Gasteiger charge is -2.36. The second-order valence-electron chi connectivity index (χ2n) is 7.75. The number of ether oxygens (including phenoxy) is 1. The zero-order valence-corrected chi connectivity index (χ0v) is 16.1. The largest absolute Gasteiger partial charge is 0.496 e. The molecule has 0 bridgehead atoms. The molecule has 2 amide bonds. The van der Waals surface area contributed by atoms with E-state index in [1.54, 1.807) is 13.2 Å². The normalized spacial score (nSPS) is 26.0. The molecule has 4 rings (SSSR count). The number of fused-ring (bicyclic) bond motifs is 1. The van der Waals surface area contributed by atoms with Crippen LogP contribution in [-0.4, -0.2) is 66.5 Å². The van der Waals surface area contributed by atoms with Gasteiger partial charge in [0.05, 0.1) is 25.6 Å². The third kappa shape index (κ3) is 3.69. The van der Waals surface area contributed by atoms with Gasteiger partial charge in [0, 0.05) is 38.3 Å². The van der Waals surface area contributed by atoms with Gasteiger partial charge in [-0.25, -0.2) is 4.39 Å². The van der Waals surface area contributed by atoms with E-state index >= 15 is 0 Å². The highest BCUT2D eigenvalue weighted by atomic mass is 19.1. The Bertz CT molecular complexity index is 763. The highest BCUT2D eigenvalue weighted by molar-refractivity contribution is 6.05. The molecule has 0 aromatic heterocycles. The SMILES string of the molecule is COc1ccc(F)cc1CN1CCN(CN2C(=O)[C@@H]3CC=CC[C@H]3C2=O)CC1. The van der Waals surface area contributed by atoms with E-state index < -0.39 is 0 Å². The van der Waals surface area contributed by atoms with E-state index in [0.29, 0.717) is 31.8 Å².